The van der Waals surface area contributed by atoms with Crippen molar-refractivity contribution in [1.82, 2.24) is 25.1 Å². The molecule has 1 aromatic carbocycles. The van der Waals surface area contributed by atoms with Crippen LogP contribution in [0.1, 0.15) is 16.1 Å². The summed E-state index contributed by atoms with van der Waals surface area (Å²) < 4.78 is 42.7. The summed E-state index contributed by atoms with van der Waals surface area (Å²) in [6.45, 7) is 2.72. The number of carbonyl (C=O) groups excluding carboxylic acids is 1. The van der Waals surface area contributed by atoms with E-state index in [1.54, 1.807) is 23.7 Å². The predicted octanol–water partition coefficient (Wildman–Crippen LogP) is 2.96. The number of amides is 1. The molecule has 0 saturated heterocycles. The molecule has 3 aromatic rings. The minimum Gasteiger partial charge on any atom is -0.406 e. The van der Waals surface area contributed by atoms with Gasteiger partial charge in [-0.15, -0.1) is 13.2 Å². The van der Waals surface area contributed by atoms with Crippen LogP contribution in [0.4, 0.5) is 13.2 Å². The summed E-state index contributed by atoms with van der Waals surface area (Å²) >= 11 is 0. The van der Waals surface area contributed by atoms with Gasteiger partial charge in [-0.1, -0.05) is 0 Å². The number of aryl methyl sites for hydroxylation is 1. The van der Waals surface area contributed by atoms with E-state index in [1.807, 2.05) is 0 Å². The van der Waals surface area contributed by atoms with E-state index in [0.29, 0.717) is 47.1 Å². The second kappa shape index (κ2) is 6.63. The first-order valence-corrected chi connectivity index (χ1v) is 8.36. The van der Waals surface area contributed by atoms with Gasteiger partial charge in [0.05, 0.1) is 12.2 Å². The fraction of sp³-hybridized carbons (Fsp3) is 0.222. The van der Waals surface area contributed by atoms with Gasteiger partial charge >= 0.3 is 6.36 Å². The van der Waals surface area contributed by atoms with Gasteiger partial charge in [0.15, 0.2) is 5.82 Å². The molecule has 0 unspecified atom stereocenters. The van der Waals surface area contributed by atoms with Gasteiger partial charge in [0.2, 0.25) is 0 Å². The number of ether oxygens (including phenoxy) is 1. The van der Waals surface area contributed by atoms with Gasteiger partial charge in [-0.25, -0.2) is 9.97 Å². The van der Waals surface area contributed by atoms with E-state index in [2.05, 4.69) is 25.1 Å². The first kappa shape index (κ1) is 18.0. The SMILES string of the molecule is Cc1cc(OC(F)(F)F)ccc1-c1nccc(-c2cc3n(n2)CCNC3=O)n1. The molecule has 10 heteroatoms. The fourth-order valence-electron chi connectivity index (χ4n) is 2.98. The highest BCUT2D eigenvalue weighted by atomic mass is 19.4. The van der Waals surface area contributed by atoms with E-state index >= 15 is 0 Å². The third kappa shape index (κ3) is 3.53. The van der Waals surface area contributed by atoms with E-state index < -0.39 is 6.36 Å². The molecule has 4 rings (SSSR count). The average molecular weight is 389 g/mol. The molecule has 0 aliphatic carbocycles. The number of aromatic nitrogens is 4. The maximum Gasteiger partial charge on any atom is 0.573 e. The lowest BCUT2D eigenvalue weighted by Gasteiger charge is -2.13. The van der Waals surface area contributed by atoms with E-state index in [-0.39, 0.29) is 11.7 Å². The van der Waals surface area contributed by atoms with Crippen molar-refractivity contribution in [1.29, 1.82) is 0 Å². The van der Waals surface area contributed by atoms with Crippen molar-refractivity contribution in [2.45, 2.75) is 19.8 Å². The first-order valence-electron chi connectivity index (χ1n) is 8.36. The summed E-state index contributed by atoms with van der Waals surface area (Å²) in [7, 11) is 0. The van der Waals surface area contributed by atoms with Crippen molar-refractivity contribution in [3.8, 4) is 28.5 Å². The topological polar surface area (TPSA) is 81.9 Å². The van der Waals surface area contributed by atoms with E-state index in [0.717, 1.165) is 0 Å². The summed E-state index contributed by atoms with van der Waals surface area (Å²) in [6, 6.07) is 7.27. The number of benzene rings is 1. The Morgan fingerprint density at radius 2 is 2.00 bits per heavy atom. The van der Waals surface area contributed by atoms with Crippen LogP contribution in [-0.4, -0.2) is 38.6 Å². The van der Waals surface area contributed by atoms with E-state index in [4.69, 9.17) is 0 Å². The Balaban J connectivity index is 1.67. The smallest absolute Gasteiger partial charge is 0.406 e. The summed E-state index contributed by atoms with van der Waals surface area (Å²) in [6.07, 6.45) is -3.22. The molecule has 1 N–H and O–H groups in total. The molecule has 144 valence electrons. The fourth-order valence-corrected chi connectivity index (χ4v) is 2.98. The summed E-state index contributed by atoms with van der Waals surface area (Å²) in [5.74, 6) is -0.169. The predicted molar refractivity (Wildman–Crippen MR) is 92.4 cm³/mol. The number of nitrogens with one attached hydrogen (secondary N) is 1. The molecule has 0 spiro atoms. The zero-order valence-corrected chi connectivity index (χ0v) is 14.6. The number of alkyl halides is 3. The van der Waals surface area contributed by atoms with E-state index in [1.165, 1.54) is 24.4 Å². The summed E-state index contributed by atoms with van der Waals surface area (Å²) in [5, 5.41) is 7.15. The number of hydrogen-bond acceptors (Lipinski definition) is 5. The Labute approximate surface area is 157 Å². The highest BCUT2D eigenvalue weighted by Crippen LogP contribution is 2.29. The number of halogens is 3. The molecular weight excluding hydrogens is 375 g/mol. The highest BCUT2D eigenvalue weighted by Gasteiger charge is 2.31. The van der Waals surface area contributed by atoms with Crippen LogP contribution < -0.4 is 10.1 Å². The van der Waals surface area contributed by atoms with Crippen LogP contribution >= 0.6 is 0 Å². The molecule has 1 aliphatic rings. The lowest BCUT2D eigenvalue weighted by molar-refractivity contribution is -0.274. The number of nitrogens with zero attached hydrogens (tertiary/aromatic N) is 4. The van der Waals surface area contributed by atoms with Crippen molar-refractivity contribution in [2.75, 3.05) is 6.54 Å². The minimum absolute atomic E-state index is 0.199. The molecule has 3 heterocycles. The molecule has 0 radical (unpaired) electrons. The van der Waals surface area contributed by atoms with E-state index in [9.17, 15) is 18.0 Å². The molecule has 1 aliphatic heterocycles. The molecule has 1 amide bonds. The Bertz CT molecular complexity index is 1060. The van der Waals surface area contributed by atoms with Gasteiger partial charge in [0.1, 0.15) is 17.1 Å². The normalized spacial score (nSPS) is 13.8. The maximum atomic E-state index is 12.4. The van der Waals surface area contributed by atoms with Crippen molar-refractivity contribution in [2.24, 2.45) is 0 Å². The molecule has 0 saturated carbocycles. The molecule has 2 aromatic heterocycles. The summed E-state index contributed by atoms with van der Waals surface area (Å²) in [4.78, 5) is 20.6. The van der Waals surface area contributed by atoms with Gasteiger partial charge < -0.3 is 10.1 Å². The molecule has 7 nitrogen and oxygen atoms in total. The van der Waals surface area contributed by atoms with Gasteiger partial charge in [-0.2, -0.15) is 5.10 Å². The van der Waals surface area contributed by atoms with Crippen molar-refractivity contribution in [3.63, 3.8) is 0 Å². The Morgan fingerprint density at radius 3 is 2.71 bits per heavy atom. The lowest BCUT2D eigenvalue weighted by Crippen LogP contribution is -2.35. The maximum absolute atomic E-state index is 12.4. The molecule has 0 bridgehead atoms. The van der Waals surface area contributed by atoms with Crippen LogP contribution in [-0.2, 0) is 6.54 Å². The number of hydrogen-bond donors (Lipinski definition) is 1. The third-order valence-corrected chi connectivity index (χ3v) is 4.21. The van der Waals surface area contributed by atoms with Gasteiger partial charge in [-0.05, 0) is 42.8 Å². The minimum atomic E-state index is -4.75. The quantitative estimate of drug-likeness (QED) is 0.745. The second-order valence-electron chi connectivity index (χ2n) is 6.18. The van der Waals surface area contributed by atoms with Crippen LogP contribution in [0.2, 0.25) is 0 Å². The lowest BCUT2D eigenvalue weighted by atomic mass is 10.1. The number of fused-ring (bicyclic) bond motifs is 1. The molecule has 0 fully saturated rings. The van der Waals surface area contributed by atoms with Gasteiger partial charge in [0.25, 0.3) is 5.91 Å². The van der Waals surface area contributed by atoms with Gasteiger partial charge in [-0.3, -0.25) is 9.48 Å². The molecule has 0 atom stereocenters. The van der Waals surface area contributed by atoms with Crippen LogP contribution in [0, 0.1) is 6.92 Å². The molecular formula is C18H14F3N5O2. The number of rotatable bonds is 3. The standard InChI is InChI=1S/C18H14F3N5O2/c1-10-8-11(28-18(19,20)21)2-3-12(10)16-22-5-4-13(24-16)14-9-15-17(27)23-6-7-26(15)25-14/h2-5,8-9H,6-7H2,1H3,(H,23,27). The third-order valence-electron chi connectivity index (χ3n) is 4.21. The first-order chi connectivity index (χ1) is 13.3. The van der Waals surface area contributed by atoms with Crippen LogP contribution in [0.25, 0.3) is 22.8 Å². The van der Waals surface area contributed by atoms with Crippen LogP contribution in [0.5, 0.6) is 5.75 Å². The Kier molecular flexibility index (Phi) is 4.25. The zero-order chi connectivity index (χ0) is 19.9. The second-order valence-corrected chi connectivity index (χ2v) is 6.18. The van der Waals surface area contributed by atoms with Crippen LogP contribution in [0.15, 0.2) is 36.5 Å². The zero-order valence-electron chi connectivity index (χ0n) is 14.6. The summed E-state index contributed by atoms with van der Waals surface area (Å²) in [5.41, 5.74) is 2.58. The Hall–Kier alpha value is -3.43. The number of carbonyl (C=O) groups is 1. The molecule has 28 heavy (non-hydrogen) atoms. The van der Waals surface area contributed by atoms with Crippen molar-refractivity contribution >= 4 is 5.91 Å². The highest BCUT2D eigenvalue weighted by molar-refractivity contribution is 5.94. The van der Waals surface area contributed by atoms with Crippen molar-refractivity contribution < 1.29 is 22.7 Å². The van der Waals surface area contributed by atoms with Crippen LogP contribution in [0.3, 0.4) is 0 Å². The van der Waals surface area contributed by atoms with Crippen molar-refractivity contribution in [3.05, 3.63) is 47.8 Å². The Morgan fingerprint density at radius 1 is 1.18 bits per heavy atom. The largest absolute Gasteiger partial charge is 0.573 e. The van der Waals surface area contributed by atoms with Gasteiger partial charge in [0, 0.05) is 18.3 Å². The monoisotopic (exact) mass is 389 g/mol. The average Bonchev–Trinajstić information content (AvgIpc) is 3.06.